The van der Waals surface area contributed by atoms with Crippen molar-refractivity contribution in [3.05, 3.63) is 62.0 Å². The van der Waals surface area contributed by atoms with Gasteiger partial charge in [-0.25, -0.2) is 4.79 Å². The summed E-state index contributed by atoms with van der Waals surface area (Å²) in [5, 5.41) is 23.2. The van der Waals surface area contributed by atoms with Gasteiger partial charge in [0.1, 0.15) is 5.75 Å². The van der Waals surface area contributed by atoms with Crippen LogP contribution in [0.15, 0.2) is 40.3 Å². The van der Waals surface area contributed by atoms with Gasteiger partial charge in [0, 0.05) is 46.8 Å². The lowest BCUT2D eigenvalue weighted by atomic mass is 10.0. The molecule has 3 aromatic rings. The number of imidazole rings is 1. The number of H-pyrrole nitrogens is 1. The quantitative estimate of drug-likeness (QED) is 0.328. The number of hydrogen-bond acceptors (Lipinski definition) is 5. The van der Waals surface area contributed by atoms with E-state index in [0.29, 0.717) is 27.7 Å². The van der Waals surface area contributed by atoms with Crippen LogP contribution in [0, 0.1) is 0 Å². The van der Waals surface area contributed by atoms with Crippen molar-refractivity contribution < 1.29 is 10.3 Å². The van der Waals surface area contributed by atoms with Crippen molar-refractivity contribution in [2.24, 2.45) is 5.16 Å². The Labute approximate surface area is 176 Å². The van der Waals surface area contributed by atoms with Crippen LogP contribution in [-0.2, 0) is 6.54 Å². The van der Waals surface area contributed by atoms with Crippen LogP contribution >= 0.6 is 23.2 Å². The summed E-state index contributed by atoms with van der Waals surface area (Å²) in [6.45, 7) is 2.06. The van der Waals surface area contributed by atoms with Gasteiger partial charge in [-0.2, -0.15) is 0 Å². The van der Waals surface area contributed by atoms with Crippen molar-refractivity contribution in [3.63, 3.8) is 0 Å². The Morgan fingerprint density at radius 2 is 1.93 bits per heavy atom. The van der Waals surface area contributed by atoms with E-state index >= 15 is 0 Å². The molecule has 1 fully saturated rings. The molecule has 1 aromatic heterocycles. The number of hydrogen-bond donors (Lipinski definition) is 3. The standard InChI is InChI=1S/C20H20Cl2N4O3/c21-14-1-2-18-17(9-14)24-20(28)26(18)16-3-5-25(6-4-16)11-13-8-15(22)7-12(10-23-29)19(13)27/h1-2,7-10,16,27,29H,3-6,11H2,(H,24,28)/b23-10+. The van der Waals surface area contributed by atoms with Gasteiger partial charge in [0.15, 0.2) is 0 Å². The van der Waals surface area contributed by atoms with Crippen molar-refractivity contribution in [2.75, 3.05) is 13.1 Å². The number of oxime groups is 1. The number of halogens is 2. The fraction of sp³-hybridized carbons (Fsp3) is 0.300. The first kappa shape index (κ1) is 19.8. The second-order valence-corrected chi connectivity index (χ2v) is 8.09. The number of phenolic OH excluding ortho intramolecular Hbond substituents is 1. The summed E-state index contributed by atoms with van der Waals surface area (Å²) in [5.74, 6) is 0.0547. The minimum Gasteiger partial charge on any atom is -0.507 e. The molecule has 1 aliphatic heterocycles. The highest BCUT2D eigenvalue weighted by Crippen LogP contribution is 2.30. The van der Waals surface area contributed by atoms with Gasteiger partial charge < -0.3 is 15.3 Å². The average molecular weight is 435 g/mol. The van der Waals surface area contributed by atoms with E-state index in [-0.39, 0.29) is 17.5 Å². The fourth-order valence-electron chi connectivity index (χ4n) is 4.00. The van der Waals surface area contributed by atoms with Crippen LogP contribution in [0.2, 0.25) is 10.0 Å². The van der Waals surface area contributed by atoms with E-state index in [0.717, 1.165) is 43.2 Å². The Morgan fingerprint density at radius 1 is 1.17 bits per heavy atom. The number of nitrogens with one attached hydrogen (secondary N) is 1. The predicted molar refractivity (Wildman–Crippen MR) is 114 cm³/mol. The van der Waals surface area contributed by atoms with Crippen LogP contribution in [0.4, 0.5) is 0 Å². The third kappa shape index (κ3) is 3.99. The minimum atomic E-state index is -0.124. The lowest BCUT2D eigenvalue weighted by molar-refractivity contribution is 0.178. The number of aromatic hydroxyl groups is 1. The first-order valence-electron chi connectivity index (χ1n) is 9.27. The predicted octanol–water partition coefficient (Wildman–Crippen LogP) is 3.99. The molecule has 2 aromatic carbocycles. The van der Waals surface area contributed by atoms with Crippen LogP contribution < -0.4 is 5.69 Å². The average Bonchev–Trinajstić information content (AvgIpc) is 3.01. The number of aromatic amines is 1. The molecule has 0 atom stereocenters. The molecule has 4 rings (SSSR count). The highest BCUT2D eigenvalue weighted by atomic mass is 35.5. The second-order valence-electron chi connectivity index (χ2n) is 7.22. The molecule has 0 spiro atoms. The van der Waals surface area contributed by atoms with Crippen molar-refractivity contribution in [1.82, 2.24) is 14.5 Å². The molecule has 1 saturated heterocycles. The van der Waals surface area contributed by atoms with E-state index in [4.69, 9.17) is 28.4 Å². The number of piperidine rings is 1. The lowest BCUT2D eigenvalue weighted by Gasteiger charge is -2.32. The van der Waals surface area contributed by atoms with Gasteiger partial charge in [0.25, 0.3) is 0 Å². The van der Waals surface area contributed by atoms with Gasteiger partial charge >= 0.3 is 5.69 Å². The minimum absolute atomic E-state index is 0.0547. The summed E-state index contributed by atoms with van der Waals surface area (Å²) in [6, 6.07) is 8.78. The Bertz CT molecular complexity index is 1130. The van der Waals surface area contributed by atoms with Gasteiger partial charge in [0.05, 0.1) is 17.2 Å². The monoisotopic (exact) mass is 434 g/mol. The van der Waals surface area contributed by atoms with Gasteiger partial charge in [-0.1, -0.05) is 28.4 Å². The zero-order valence-electron chi connectivity index (χ0n) is 15.5. The molecule has 0 aliphatic carbocycles. The topological polar surface area (TPSA) is 93.9 Å². The summed E-state index contributed by atoms with van der Waals surface area (Å²) >= 11 is 12.2. The summed E-state index contributed by atoms with van der Waals surface area (Å²) in [4.78, 5) is 17.6. The molecular formula is C20H20Cl2N4O3. The molecule has 3 N–H and O–H groups in total. The molecule has 152 valence electrons. The van der Waals surface area contributed by atoms with Gasteiger partial charge in [0.2, 0.25) is 0 Å². The van der Waals surface area contributed by atoms with E-state index in [9.17, 15) is 9.90 Å². The van der Waals surface area contributed by atoms with Crippen molar-refractivity contribution in [3.8, 4) is 5.75 Å². The number of aromatic nitrogens is 2. The summed E-state index contributed by atoms with van der Waals surface area (Å²) in [5.41, 5.74) is 2.52. The van der Waals surface area contributed by atoms with E-state index < -0.39 is 0 Å². The molecular weight excluding hydrogens is 415 g/mol. The number of rotatable bonds is 4. The van der Waals surface area contributed by atoms with Crippen LogP contribution in [0.1, 0.15) is 30.0 Å². The van der Waals surface area contributed by atoms with Crippen molar-refractivity contribution in [2.45, 2.75) is 25.4 Å². The molecule has 2 heterocycles. The molecule has 1 aliphatic rings. The van der Waals surface area contributed by atoms with Crippen molar-refractivity contribution in [1.29, 1.82) is 0 Å². The summed E-state index contributed by atoms with van der Waals surface area (Å²) in [6.07, 6.45) is 2.77. The zero-order valence-corrected chi connectivity index (χ0v) is 17.0. The van der Waals surface area contributed by atoms with Gasteiger partial charge in [-0.15, -0.1) is 0 Å². The van der Waals surface area contributed by atoms with Crippen molar-refractivity contribution >= 4 is 40.4 Å². The maximum Gasteiger partial charge on any atom is 0.326 e. The highest BCUT2D eigenvalue weighted by molar-refractivity contribution is 6.31. The van der Waals surface area contributed by atoms with E-state index in [1.165, 1.54) is 0 Å². The second kappa shape index (κ2) is 8.10. The molecule has 29 heavy (non-hydrogen) atoms. The van der Waals surface area contributed by atoms with Gasteiger partial charge in [-0.3, -0.25) is 9.47 Å². The Morgan fingerprint density at radius 3 is 2.66 bits per heavy atom. The summed E-state index contributed by atoms with van der Waals surface area (Å²) in [7, 11) is 0. The van der Waals surface area contributed by atoms with E-state index in [1.54, 1.807) is 24.3 Å². The molecule has 0 amide bonds. The molecule has 0 saturated carbocycles. The number of benzene rings is 2. The van der Waals surface area contributed by atoms with Crippen LogP contribution in [0.5, 0.6) is 5.75 Å². The molecule has 7 nitrogen and oxygen atoms in total. The first-order valence-corrected chi connectivity index (χ1v) is 10.0. The normalized spacial score (nSPS) is 16.2. The van der Waals surface area contributed by atoms with Crippen LogP contribution in [0.25, 0.3) is 11.0 Å². The van der Waals surface area contributed by atoms with Gasteiger partial charge in [-0.05, 0) is 43.2 Å². The largest absolute Gasteiger partial charge is 0.507 e. The van der Waals surface area contributed by atoms with E-state index in [2.05, 4.69) is 15.0 Å². The fourth-order valence-corrected chi connectivity index (χ4v) is 4.42. The SMILES string of the molecule is O=c1[nH]c2cc(Cl)ccc2n1C1CCN(Cc2cc(Cl)cc(/C=N/O)c2O)CC1. The number of nitrogens with zero attached hydrogens (tertiary/aromatic N) is 3. The third-order valence-electron chi connectivity index (χ3n) is 5.37. The Balaban J connectivity index is 1.50. The molecule has 0 radical (unpaired) electrons. The van der Waals surface area contributed by atoms with Crippen LogP contribution in [-0.4, -0.2) is 44.1 Å². The highest BCUT2D eigenvalue weighted by Gasteiger charge is 2.24. The van der Waals surface area contributed by atoms with E-state index in [1.807, 2.05) is 10.6 Å². The smallest absolute Gasteiger partial charge is 0.326 e. The maximum absolute atomic E-state index is 12.5. The zero-order chi connectivity index (χ0) is 20.5. The first-order chi connectivity index (χ1) is 14.0. The Kier molecular flexibility index (Phi) is 5.54. The Hall–Kier alpha value is -2.48. The summed E-state index contributed by atoms with van der Waals surface area (Å²) < 4.78 is 1.82. The number of phenols is 1. The number of fused-ring (bicyclic) bond motifs is 1. The third-order valence-corrected chi connectivity index (χ3v) is 5.83. The van der Waals surface area contributed by atoms with Crippen LogP contribution in [0.3, 0.4) is 0 Å². The number of likely N-dealkylation sites (tertiary alicyclic amines) is 1. The molecule has 9 heteroatoms. The lowest BCUT2D eigenvalue weighted by Crippen LogP contribution is -2.36. The molecule has 0 bridgehead atoms. The molecule has 0 unspecified atom stereocenters. The maximum atomic E-state index is 12.5.